The lowest BCUT2D eigenvalue weighted by Gasteiger charge is -2.06. The molecule has 0 radical (unpaired) electrons. The van der Waals surface area contributed by atoms with Crippen molar-refractivity contribution in [3.8, 4) is 5.75 Å². The third-order valence-electron chi connectivity index (χ3n) is 2.41. The molecule has 3 heteroatoms. The Morgan fingerprint density at radius 3 is 2.24 bits per heavy atom. The SMILES string of the molecule is N=C(N)c1ccc(COc2ccccc2)cc1. The predicted molar refractivity (Wildman–Crippen MR) is 68.2 cm³/mol. The largest absolute Gasteiger partial charge is 0.489 e. The highest BCUT2D eigenvalue weighted by Gasteiger charge is 1.98. The number of benzene rings is 2. The number of nitrogen functional groups attached to an aromatic ring is 1. The summed E-state index contributed by atoms with van der Waals surface area (Å²) in [5, 5.41) is 7.29. The molecular weight excluding hydrogens is 212 g/mol. The maximum atomic E-state index is 7.29. The van der Waals surface area contributed by atoms with Gasteiger partial charge in [-0.3, -0.25) is 5.41 Å². The van der Waals surface area contributed by atoms with Gasteiger partial charge >= 0.3 is 0 Å². The topological polar surface area (TPSA) is 59.1 Å². The smallest absolute Gasteiger partial charge is 0.122 e. The normalized spacial score (nSPS) is 9.88. The molecule has 3 N–H and O–H groups in total. The van der Waals surface area contributed by atoms with Gasteiger partial charge in [-0.25, -0.2) is 0 Å². The van der Waals surface area contributed by atoms with Crippen LogP contribution in [0.2, 0.25) is 0 Å². The van der Waals surface area contributed by atoms with Crippen LogP contribution in [-0.4, -0.2) is 5.84 Å². The first-order valence-electron chi connectivity index (χ1n) is 5.37. The minimum Gasteiger partial charge on any atom is -0.489 e. The van der Waals surface area contributed by atoms with Gasteiger partial charge < -0.3 is 10.5 Å². The van der Waals surface area contributed by atoms with E-state index in [9.17, 15) is 0 Å². The van der Waals surface area contributed by atoms with E-state index >= 15 is 0 Å². The predicted octanol–water partition coefficient (Wildman–Crippen LogP) is 2.55. The molecule has 0 aliphatic carbocycles. The first-order chi connectivity index (χ1) is 8.25. The van der Waals surface area contributed by atoms with Crippen LogP contribution in [0.4, 0.5) is 0 Å². The molecule has 2 rings (SSSR count). The Balaban J connectivity index is 1.98. The van der Waals surface area contributed by atoms with Crippen LogP contribution in [-0.2, 0) is 6.61 Å². The lowest BCUT2D eigenvalue weighted by atomic mass is 10.1. The van der Waals surface area contributed by atoms with Crippen LogP contribution in [0, 0.1) is 5.41 Å². The molecule has 0 atom stereocenters. The van der Waals surface area contributed by atoms with Gasteiger partial charge in [-0.15, -0.1) is 0 Å². The summed E-state index contributed by atoms with van der Waals surface area (Å²) in [6.07, 6.45) is 0. The summed E-state index contributed by atoms with van der Waals surface area (Å²) in [4.78, 5) is 0. The van der Waals surface area contributed by atoms with Crippen molar-refractivity contribution in [3.05, 3.63) is 65.7 Å². The van der Waals surface area contributed by atoms with Gasteiger partial charge in [-0.05, 0) is 17.7 Å². The van der Waals surface area contributed by atoms with E-state index in [-0.39, 0.29) is 5.84 Å². The van der Waals surface area contributed by atoms with E-state index in [1.54, 1.807) is 0 Å². The van der Waals surface area contributed by atoms with Crippen molar-refractivity contribution in [2.24, 2.45) is 5.73 Å². The lowest BCUT2D eigenvalue weighted by molar-refractivity contribution is 0.306. The van der Waals surface area contributed by atoms with Gasteiger partial charge in [0.15, 0.2) is 0 Å². The van der Waals surface area contributed by atoms with Crippen molar-refractivity contribution in [3.63, 3.8) is 0 Å². The molecule has 0 aliphatic heterocycles. The number of hydrogen-bond acceptors (Lipinski definition) is 2. The zero-order chi connectivity index (χ0) is 12.1. The summed E-state index contributed by atoms with van der Waals surface area (Å²) in [5.41, 5.74) is 7.17. The van der Waals surface area contributed by atoms with Crippen molar-refractivity contribution < 1.29 is 4.74 Å². The molecule has 0 saturated carbocycles. The Labute approximate surface area is 100 Å². The summed E-state index contributed by atoms with van der Waals surface area (Å²) in [6.45, 7) is 0.516. The van der Waals surface area contributed by atoms with Gasteiger partial charge in [-0.2, -0.15) is 0 Å². The Morgan fingerprint density at radius 2 is 1.65 bits per heavy atom. The van der Waals surface area contributed by atoms with Crippen LogP contribution in [0.3, 0.4) is 0 Å². The molecule has 2 aromatic carbocycles. The van der Waals surface area contributed by atoms with E-state index in [2.05, 4.69) is 0 Å². The summed E-state index contributed by atoms with van der Waals surface area (Å²) in [5.74, 6) is 0.934. The van der Waals surface area contributed by atoms with E-state index in [4.69, 9.17) is 15.9 Å². The van der Waals surface area contributed by atoms with Gasteiger partial charge in [0.05, 0.1) is 0 Å². The molecule has 2 aromatic rings. The number of ether oxygens (including phenoxy) is 1. The first kappa shape index (κ1) is 11.2. The highest BCUT2D eigenvalue weighted by molar-refractivity contribution is 5.94. The second-order valence-electron chi connectivity index (χ2n) is 3.71. The zero-order valence-electron chi connectivity index (χ0n) is 9.39. The molecular formula is C14H14N2O. The van der Waals surface area contributed by atoms with Crippen LogP contribution >= 0.6 is 0 Å². The number of hydrogen-bond donors (Lipinski definition) is 2. The van der Waals surface area contributed by atoms with E-state index in [0.29, 0.717) is 6.61 Å². The number of amidine groups is 1. The van der Waals surface area contributed by atoms with E-state index < -0.39 is 0 Å². The van der Waals surface area contributed by atoms with Crippen LogP contribution < -0.4 is 10.5 Å². The highest BCUT2D eigenvalue weighted by Crippen LogP contribution is 2.12. The third-order valence-corrected chi connectivity index (χ3v) is 2.41. The lowest BCUT2D eigenvalue weighted by Crippen LogP contribution is -2.10. The fraction of sp³-hybridized carbons (Fsp3) is 0.0714. The van der Waals surface area contributed by atoms with Crippen molar-refractivity contribution >= 4 is 5.84 Å². The van der Waals surface area contributed by atoms with E-state index in [1.165, 1.54) is 0 Å². The molecule has 0 bridgehead atoms. The minimum atomic E-state index is 0.0838. The maximum Gasteiger partial charge on any atom is 0.122 e. The molecule has 0 aromatic heterocycles. The molecule has 0 aliphatic rings. The molecule has 3 nitrogen and oxygen atoms in total. The molecule has 86 valence electrons. The number of para-hydroxylation sites is 1. The van der Waals surface area contributed by atoms with E-state index in [0.717, 1.165) is 16.9 Å². The van der Waals surface area contributed by atoms with Crippen LogP contribution in [0.5, 0.6) is 5.75 Å². The average molecular weight is 226 g/mol. The van der Waals surface area contributed by atoms with Crippen LogP contribution in [0.25, 0.3) is 0 Å². The molecule has 17 heavy (non-hydrogen) atoms. The van der Waals surface area contributed by atoms with Crippen molar-refractivity contribution in [1.82, 2.24) is 0 Å². The summed E-state index contributed by atoms with van der Waals surface area (Å²) in [6, 6.07) is 17.2. The Morgan fingerprint density at radius 1 is 1.00 bits per heavy atom. The molecule has 0 fully saturated rings. The Hall–Kier alpha value is -2.29. The molecule has 0 saturated heterocycles. The van der Waals surface area contributed by atoms with Crippen molar-refractivity contribution in [2.75, 3.05) is 0 Å². The number of rotatable bonds is 4. The van der Waals surface area contributed by atoms with Crippen LogP contribution in [0.1, 0.15) is 11.1 Å². The fourth-order valence-corrected chi connectivity index (χ4v) is 1.46. The second-order valence-corrected chi connectivity index (χ2v) is 3.71. The number of nitrogens with one attached hydrogen (secondary N) is 1. The highest BCUT2D eigenvalue weighted by atomic mass is 16.5. The van der Waals surface area contributed by atoms with Gasteiger partial charge in [-0.1, -0.05) is 42.5 Å². The maximum absolute atomic E-state index is 7.29. The summed E-state index contributed by atoms with van der Waals surface area (Å²) < 4.78 is 5.61. The van der Waals surface area contributed by atoms with Gasteiger partial charge in [0.1, 0.15) is 18.2 Å². The Kier molecular flexibility index (Phi) is 3.40. The van der Waals surface area contributed by atoms with Crippen LogP contribution in [0.15, 0.2) is 54.6 Å². The zero-order valence-corrected chi connectivity index (χ0v) is 9.39. The second kappa shape index (κ2) is 5.16. The van der Waals surface area contributed by atoms with Gasteiger partial charge in [0.25, 0.3) is 0 Å². The standard InChI is InChI=1S/C14H14N2O/c15-14(16)12-8-6-11(7-9-12)10-17-13-4-2-1-3-5-13/h1-9H,10H2,(H3,15,16). The monoisotopic (exact) mass is 226 g/mol. The molecule has 0 heterocycles. The minimum absolute atomic E-state index is 0.0838. The third kappa shape index (κ3) is 3.08. The van der Waals surface area contributed by atoms with Gasteiger partial charge in [0, 0.05) is 5.56 Å². The molecule has 0 spiro atoms. The molecule has 0 amide bonds. The van der Waals surface area contributed by atoms with Gasteiger partial charge in [0.2, 0.25) is 0 Å². The van der Waals surface area contributed by atoms with Crippen molar-refractivity contribution in [1.29, 1.82) is 5.41 Å². The van der Waals surface area contributed by atoms with E-state index in [1.807, 2.05) is 54.6 Å². The quantitative estimate of drug-likeness (QED) is 0.621. The van der Waals surface area contributed by atoms with Crippen molar-refractivity contribution in [2.45, 2.75) is 6.61 Å². The molecule has 0 unspecified atom stereocenters. The Bertz CT molecular complexity index is 491. The first-order valence-corrected chi connectivity index (χ1v) is 5.37. The summed E-state index contributed by atoms with van der Waals surface area (Å²) >= 11 is 0. The summed E-state index contributed by atoms with van der Waals surface area (Å²) in [7, 11) is 0. The fourth-order valence-electron chi connectivity index (χ4n) is 1.46. The number of nitrogens with two attached hydrogens (primary N) is 1. The average Bonchev–Trinajstić information content (AvgIpc) is 2.38.